The Balaban J connectivity index is 1.29. The number of halogens is 1. The molecule has 1 aliphatic rings. The Bertz CT molecular complexity index is 1830. The molecule has 220 valence electrons. The summed E-state index contributed by atoms with van der Waals surface area (Å²) >= 11 is 6.56. The van der Waals surface area contributed by atoms with Crippen molar-refractivity contribution >= 4 is 23.4 Å². The highest BCUT2D eigenvalue weighted by molar-refractivity contribution is 6.31. The molecule has 6 rings (SSSR count). The Hall–Kier alpha value is -4.88. The number of H-pyrrole nitrogens is 1. The first-order chi connectivity index (χ1) is 20.8. The molecule has 0 spiro atoms. The molecule has 2 aromatic carbocycles. The topological polar surface area (TPSA) is 157 Å². The Morgan fingerprint density at radius 3 is 2.72 bits per heavy atom. The monoisotopic (exact) mass is 601 g/mol. The highest BCUT2D eigenvalue weighted by Gasteiger charge is 2.30. The van der Waals surface area contributed by atoms with Crippen LogP contribution in [0.2, 0.25) is 5.15 Å². The molecule has 0 fully saturated rings. The van der Waals surface area contributed by atoms with Gasteiger partial charge in [0.05, 0.1) is 36.3 Å². The minimum Gasteiger partial charge on any atom is -0.465 e. The summed E-state index contributed by atoms with van der Waals surface area (Å²) in [7, 11) is 0. The molecule has 0 saturated heterocycles. The Kier molecular flexibility index (Phi) is 7.74. The van der Waals surface area contributed by atoms with Crippen LogP contribution in [0, 0.1) is 6.92 Å². The Morgan fingerprint density at radius 2 is 2.00 bits per heavy atom. The number of ether oxygens (including phenoxy) is 1. The van der Waals surface area contributed by atoms with Gasteiger partial charge in [0, 0.05) is 35.9 Å². The number of hydrogen-bond donors (Lipinski definition) is 2. The number of carboxylic acid groups (broad SMARTS) is 1. The van der Waals surface area contributed by atoms with Crippen molar-refractivity contribution in [3.05, 3.63) is 87.6 Å². The van der Waals surface area contributed by atoms with Gasteiger partial charge in [0.1, 0.15) is 18.0 Å². The minimum atomic E-state index is -1.06. The lowest BCUT2D eigenvalue weighted by Crippen LogP contribution is -2.32. The van der Waals surface area contributed by atoms with E-state index in [-0.39, 0.29) is 23.3 Å². The van der Waals surface area contributed by atoms with Crippen molar-refractivity contribution in [1.29, 1.82) is 0 Å². The smallest absolute Gasteiger partial charge is 0.411 e. The number of nitrogens with zero attached hydrogens (tertiary/aromatic N) is 8. The number of imidazole rings is 1. The summed E-state index contributed by atoms with van der Waals surface area (Å²) in [6, 6.07) is 13.9. The number of amides is 1. The summed E-state index contributed by atoms with van der Waals surface area (Å²) in [5, 5.41) is 21.4. The molecule has 3 aromatic heterocycles. The van der Waals surface area contributed by atoms with E-state index in [9.17, 15) is 14.7 Å². The van der Waals surface area contributed by atoms with Crippen molar-refractivity contribution in [2.75, 3.05) is 24.7 Å². The largest absolute Gasteiger partial charge is 0.465 e. The van der Waals surface area contributed by atoms with Crippen LogP contribution in [0.4, 0.5) is 10.5 Å². The summed E-state index contributed by atoms with van der Waals surface area (Å²) in [6.07, 6.45) is 1.63. The number of anilines is 1. The van der Waals surface area contributed by atoms with Crippen LogP contribution in [0.1, 0.15) is 36.6 Å². The zero-order valence-corrected chi connectivity index (χ0v) is 24.2. The van der Waals surface area contributed by atoms with Gasteiger partial charge < -0.3 is 14.8 Å². The number of carbonyl (C=O) groups is 1. The van der Waals surface area contributed by atoms with Gasteiger partial charge in [-0.05, 0) is 55.0 Å². The van der Waals surface area contributed by atoms with E-state index in [1.807, 2.05) is 32.0 Å². The zero-order valence-electron chi connectivity index (χ0n) is 23.4. The van der Waals surface area contributed by atoms with Crippen LogP contribution in [0.3, 0.4) is 0 Å². The number of aryl methyl sites for hydroxylation is 2. The number of benzene rings is 2. The van der Waals surface area contributed by atoms with Gasteiger partial charge in [-0.25, -0.2) is 14.8 Å². The number of rotatable bonds is 9. The predicted octanol–water partition coefficient (Wildman–Crippen LogP) is 4.29. The average molecular weight is 602 g/mol. The molecule has 1 atom stereocenters. The van der Waals surface area contributed by atoms with Crippen LogP contribution in [-0.2, 0) is 11.2 Å². The van der Waals surface area contributed by atoms with E-state index in [0.29, 0.717) is 54.8 Å². The van der Waals surface area contributed by atoms with Crippen molar-refractivity contribution in [3.63, 3.8) is 0 Å². The second kappa shape index (κ2) is 11.8. The molecule has 2 N–H and O–H groups in total. The van der Waals surface area contributed by atoms with E-state index < -0.39 is 6.09 Å². The number of nitrogens with one attached hydrogen (secondary N) is 1. The lowest BCUT2D eigenvalue weighted by molar-refractivity contribution is 0.150. The second-order valence-corrected chi connectivity index (χ2v) is 10.4. The molecular weight excluding hydrogens is 574 g/mol. The lowest BCUT2D eigenvalue weighted by Gasteiger charge is -2.19. The summed E-state index contributed by atoms with van der Waals surface area (Å²) < 4.78 is 8.51. The Morgan fingerprint density at radius 1 is 1.19 bits per heavy atom. The van der Waals surface area contributed by atoms with Gasteiger partial charge in [-0.15, -0.1) is 5.10 Å². The second-order valence-electron chi connectivity index (χ2n) is 10.1. The van der Waals surface area contributed by atoms with Crippen LogP contribution < -0.4 is 10.5 Å². The standard InChI is InChI=1S/C29H28ClN9O4/c1-3-43-13-12-37(29(41)42)19-7-5-18(6-8-19)26-27(30)34-28(33-26)23-10-11-24-32-21(15-25(40)39(23)24)20-14-17(2)4-9-22(20)38-16-31-35-36-38/h4-9,14-16,23H,3,10-13H2,1-2H3,(H,33,34)(H,41,42)/t23-/m0/s1. The van der Waals surface area contributed by atoms with Gasteiger partial charge in [0.15, 0.2) is 5.15 Å². The van der Waals surface area contributed by atoms with E-state index >= 15 is 0 Å². The zero-order chi connectivity index (χ0) is 30.1. The molecule has 1 aliphatic heterocycles. The number of aromatic nitrogens is 8. The van der Waals surface area contributed by atoms with Gasteiger partial charge in [-0.2, -0.15) is 4.68 Å². The number of tetrazole rings is 1. The molecule has 1 amide bonds. The van der Waals surface area contributed by atoms with Crippen molar-refractivity contribution in [2.24, 2.45) is 0 Å². The number of fused-ring (bicyclic) bond motifs is 1. The van der Waals surface area contributed by atoms with Crippen LogP contribution >= 0.6 is 11.6 Å². The molecule has 0 unspecified atom stereocenters. The summed E-state index contributed by atoms with van der Waals surface area (Å²) in [4.78, 5) is 39.2. The van der Waals surface area contributed by atoms with E-state index in [1.165, 1.54) is 17.3 Å². The maximum absolute atomic E-state index is 13.5. The highest BCUT2D eigenvalue weighted by Crippen LogP contribution is 2.34. The molecule has 43 heavy (non-hydrogen) atoms. The third kappa shape index (κ3) is 5.51. The first-order valence-electron chi connectivity index (χ1n) is 13.7. The molecule has 0 bridgehead atoms. The molecule has 4 heterocycles. The third-order valence-electron chi connectivity index (χ3n) is 7.36. The van der Waals surface area contributed by atoms with Crippen molar-refractivity contribution in [1.82, 2.24) is 39.7 Å². The van der Waals surface area contributed by atoms with Crippen molar-refractivity contribution in [2.45, 2.75) is 32.7 Å². The number of aromatic amines is 1. The fourth-order valence-electron chi connectivity index (χ4n) is 5.33. The SMILES string of the molecule is CCOCCN(C(=O)O)c1ccc(-c2[nH]c([C@@H]3CCc4nc(-c5cc(C)ccc5-n5cnnn5)cc(=O)n43)nc2Cl)cc1. The minimum absolute atomic E-state index is 0.203. The van der Waals surface area contributed by atoms with Crippen molar-refractivity contribution < 1.29 is 14.6 Å². The molecule has 14 heteroatoms. The normalized spacial score (nSPS) is 14.2. The predicted molar refractivity (Wildman–Crippen MR) is 159 cm³/mol. The van der Waals surface area contributed by atoms with Crippen LogP contribution in [0.5, 0.6) is 0 Å². The third-order valence-corrected chi connectivity index (χ3v) is 7.63. The highest BCUT2D eigenvalue weighted by atomic mass is 35.5. The molecule has 5 aromatic rings. The van der Waals surface area contributed by atoms with Crippen LogP contribution in [-0.4, -0.2) is 70.7 Å². The molecule has 0 saturated carbocycles. The van der Waals surface area contributed by atoms with E-state index in [4.69, 9.17) is 21.3 Å². The van der Waals surface area contributed by atoms with Gasteiger partial charge in [-0.1, -0.05) is 35.4 Å². The van der Waals surface area contributed by atoms with Crippen molar-refractivity contribution in [3.8, 4) is 28.2 Å². The summed E-state index contributed by atoms with van der Waals surface area (Å²) in [5.74, 6) is 1.20. The van der Waals surface area contributed by atoms with Gasteiger partial charge >= 0.3 is 6.09 Å². The van der Waals surface area contributed by atoms with Gasteiger partial charge in [-0.3, -0.25) is 14.3 Å². The quantitative estimate of drug-likeness (QED) is 0.235. The summed E-state index contributed by atoms with van der Waals surface area (Å²) in [5.41, 5.74) is 4.65. The summed E-state index contributed by atoms with van der Waals surface area (Å²) in [6.45, 7) is 4.85. The van der Waals surface area contributed by atoms with Crippen LogP contribution in [0.15, 0.2) is 59.7 Å². The fourth-order valence-corrected chi connectivity index (χ4v) is 5.58. The molecular formula is C29H28ClN9O4. The van der Waals surface area contributed by atoms with Crippen LogP contribution in [0.25, 0.3) is 28.2 Å². The fraction of sp³-hybridized carbons (Fsp3) is 0.276. The van der Waals surface area contributed by atoms with E-state index in [1.54, 1.807) is 33.5 Å². The Labute approximate surface area is 250 Å². The molecule has 13 nitrogen and oxygen atoms in total. The molecule has 0 radical (unpaired) electrons. The maximum Gasteiger partial charge on any atom is 0.411 e. The first kappa shape index (κ1) is 28.2. The number of hydrogen-bond acceptors (Lipinski definition) is 8. The van der Waals surface area contributed by atoms with E-state index in [0.717, 1.165) is 22.4 Å². The van der Waals surface area contributed by atoms with Gasteiger partial charge in [0.2, 0.25) is 0 Å². The molecule has 0 aliphatic carbocycles. The maximum atomic E-state index is 13.5. The first-order valence-corrected chi connectivity index (χ1v) is 14.1. The van der Waals surface area contributed by atoms with Gasteiger partial charge in [0.25, 0.3) is 5.56 Å². The average Bonchev–Trinajstić information content (AvgIpc) is 3.76. The van der Waals surface area contributed by atoms with E-state index in [2.05, 4.69) is 25.5 Å². The lowest BCUT2D eigenvalue weighted by atomic mass is 10.1.